The van der Waals surface area contributed by atoms with E-state index in [4.69, 9.17) is 11.6 Å². The molecule has 0 spiro atoms. The number of carbonyl (C=O) groups excluding carboxylic acids is 1. The fourth-order valence-electron chi connectivity index (χ4n) is 4.18. The molecule has 20 heavy (non-hydrogen) atoms. The largest absolute Gasteiger partial charge is 0.342 e. The van der Waals surface area contributed by atoms with E-state index in [2.05, 4.69) is 29.2 Å². The Kier molecular flexibility index (Phi) is 3.03. The molecule has 0 N–H and O–H groups in total. The average Bonchev–Trinajstić information content (AvgIpc) is 3.22. The third kappa shape index (κ3) is 1.96. The maximum atomic E-state index is 12.7. The van der Waals surface area contributed by atoms with Gasteiger partial charge in [-0.15, -0.1) is 11.6 Å². The molecule has 1 saturated carbocycles. The molecule has 0 bridgehead atoms. The summed E-state index contributed by atoms with van der Waals surface area (Å²) in [6.45, 7) is 1.70. The Hall–Kier alpha value is -1.02. The van der Waals surface area contributed by atoms with Gasteiger partial charge in [0.15, 0.2) is 0 Å². The molecule has 2 nitrogen and oxygen atoms in total. The summed E-state index contributed by atoms with van der Waals surface area (Å²) in [7, 11) is 0. The first-order chi connectivity index (χ1) is 9.75. The van der Waals surface area contributed by atoms with E-state index in [1.54, 1.807) is 0 Å². The third-order valence-electron chi connectivity index (χ3n) is 5.35. The molecule has 0 radical (unpaired) electrons. The monoisotopic (exact) mass is 289 g/mol. The first-order valence-corrected chi connectivity index (χ1v) is 8.20. The van der Waals surface area contributed by atoms with Crippen molar-refractivity contribution in [2.45, 2.75) is 37.0 Å². The lowest BCUT2D eigenvalue weighted by atomic mass is 9.92. The van der Waals surface area contributed by atoms with Crippen LogP contribution in [0.25, 0.3) is 0 Å². The van der Waals surface area contributed by atoms with Crippen LogP contribution in [-0.2, 0) is 11.2 Å². The standard InChI is InChI=1S/C17H20ClNO/c18-12-7-9-19(10-8-12)17(20)16-14-6-5-11-3-1-2-4-13(11)15(14)16/h1-4,12,14-16H,5-10H2. The third-order valence-corrected chi connectivity index (χ3v) is 5.79. The highest BCUT2D eigenvalue weighted by Gasteiger charge is 2.57. The molecule has 3 aliphatic rings. The predicted molar refractivity (Wildman–Crippen MR) is 79.9 cm³/mol. The number of fused-ring (bicyclic) bond motifs is 3. The van der Waals surface area contributed by atoms with Gasteiger partial charge >= 0.3 is 0 Å². The normalized spacial score (nSPS) is 32.5. The van der Waals surface area contributed by atoms with Crippen LogP contribution in [0.2, 0.25) is 0 Å². The number of hydrogen-bond donors (Lipinski definition) is 0. The van der Waals surface area contributed by atoms with Crippen molar-refractivity contribution in [3.63, 3.8) is 0 Å². The van der Waals surface area contributed by atoms with Crippen LogP contribution in [0.1, 0.15) is 36.3 Å². The van der Waals surface area contributed by atoms with Crippen molar-refractivity contribution in [3.8, 4) is 0 Å². The van der Waals surface area contributed by atoms with Gasteiger partial charge in [-0.3, -0.25) is 4.79 Å². The highest BCUT2D eigenvalue weighted by molar-refractivity contribution is 6.20. The quantitative estimate of drug-likeness (QED) is 0.727. The number of alkyl halides is 1. The van der Waals surface area contributed by atoms with Crippen molar-refractivity contribution in [2.24, 2.45) is 11.8 Å². The van der Waals surface area contributed by atoms with E-state index in [-0.39, 0.29) is 11.3 Å². The van der Waals surface area contributed by atoms with E-state index in [1.165, 1.54) is 17.5 Å². The zero-order valence-corrected chi connectivity index (χ0v) is 12.4. The number of benzene rings is 1. The van der Waals surface area contributed by atoms with Crippen LogP contribution in [-0.4, -0.2) is 29.3 Å². The predicted octanol–water partition coefficient (Wildman–Crippen LogP) is 3.19. The molecule has 1 saturated heterocycles. The Bertz CT molecular complexity index is 536. The Morgan fingerprint density at radius 3 is 2.70 bits per heavy atom. The summed E-state index contributed by atoms with van der Waals surface area (Å²) < 4.78 is 0. The lowest BCUT2D eigenvalue weighted by molar-refractivity contribution is -0.133. The van der Waals surface area contributed by atoms with E-state index in [0.29, 0.717) is 17.7 Å². The summed E-state index contributed by atoms with van der Waals surface area (Å²) in [6, 6.07) is 8.68. The first kappa shape index (κ1) is 12.7. The molecule has 1 amide bonds. The average molecular weight is 290 g/mol. The lowest BCUT2D eigenvalue weighted by Gasteiger charge is -2.29. The van der Waals surface area contributed by atoms with Crippen molar-refractivity contribution in [2.75, 3.05) is 13.1 Å². The van der Waals surface area contributed by atoms with Crippen LogP contribution in [0.15, 0.2) is 24.3 Å². The van der Waals surface area contributed by atoms with Crippen molar-refractivity contribution in [1.29, 1.82) is 0 Å². The number of nitrogens with zero attached hydrogens (tertiary/aromatic N) is 1. The van der Waals surface area contributed by atoms with Crippen LogP contribution in [0, 0.1) is 11.8 Å². The maximum Gasteiger partial charge on any atom is 0.226 e. The summed E-state index contributed by atoms with van der Waals surface area (Å²) >= 11 is 6.13. The maximum absolute atomic E-state index is 12.7. The van der Waals surface area contributed by atoms with Crippen LogP contribution in [0.3, 0.4) is 0 Å². The van der Waals surface area contributed by atoms with Crippen molar-refractivity contribution in [3.05, 3.63) is 35.4 Å². The van der Waals surface area contributed by atoms with Crippen LogP contribution in [0.4, 0.5) is 0 Å². The number of halogens is 1. The van der Waals surface area contributed by atoms with Gasteiger partial charge in [0.05, 0.1) is 0 Å². The summed E-state index contributed by atoms with van der Waals surface area (Å²) in [5, 5.41) is 0.265. The fraction of sp³-hybridized carbons (Fsp3) is 0.588. The van der Waals surface area contributed by atoms with E-state index < -0.39 is 0 Å². The molecule has 3 atom stereocenters. The van der Waals surface area contributed by atoms with Gasteiger partial charge in [-0.25, -0.2) is 0 Å². The number of rotatable bonds is 1. The molecular weight excluding hydrogens is 270 g/mol. The van der Waals surface area contributed by atoms with Gasteiger partial charge in [-0.1, -0.05) is 24.3 Å². The Labute approximate surface area is 125 Å². The van der Waals surface area contributed by atoms with Crippen LogP contribution < -0.4 is 0 Å². The van der Waals surface area contributed by atoms with E-state index in [9.17, 15) is 4.79 Å². The molecule has 1 aromatic carbocycles. The van der Waals surface area contributed by atoms with Gasteiger partial charge in [0.1, 0.15) is 0 Å². The molecule has 106 valence electrons. The summed E-state index contributed by atoms with van der Waals surface area (Å²) in [5.74, 6) is 1.75. The zero-order valence-electron chi connectivity index (χ0n) is 11.6. The van der Waals surface area contributed by atoms with Gasteiger partial charge in [0.2, 0.25) is 5.91 Å². The lowest BCUT2D eigenvalue weighted by Crippen LogP contribution is -2.40. The molecule has 2 fully saturated rings. The van der Waals surface area contributed by atoms with Crippen LogP contribution >= 0.6 is 11.6 Å². The summed E-state index contributed by atoms with van der Waals surface area (Å²) in [4.78, 5) is 14.8. The topological polar surface area (TPSA) is 20.3 Å². The fourth-order valence-corrected chi connectivity index (χ4v) is 4.38. The molecule has 1 aromatic rings. The van der Waals surface area contributed by atoms with Gasteiger partial charge < -0.3 is 4.90 Å². The van der Waals surface area contributed by atoms with Crippen LogP contribution in [0.5, 0.6) is 0 Å². The van der Waals surface area contributed by atoms with E-state index in [1.807, 2.05) is 0 Å². The first-order valence-electron chi connectivity index (χ1n) is 7.76. The number of aryl methyl sites for hydroxylation is 1. The highest BCUT2D eigenvalue weighted by Crippen LogP contribution is 2.60. The Morgan fingerprint density at radius 2 is 1.90 bits per heavy atom. The minimum Gasteiger partial charge on any atom is -0.342 e. The molecular formula is C17H20ClNO. The number of piperidine rings is 1. The molecule has 1 aliphatic heterocycles. The van der Waals surface area contributed by atoms with E-state index >= 15 is 0 Å². The second kappa shape index (κ2) is 4.77. The molecule has 1 heterocycles. The minimum absolute atomic E-state index is 0.255. The van der Waals surface area contributed by atoms with Gasteiger partial charge in [0.25, 0.3) is 0 Å². The number of amides is 1. The Morgan fingerprint density at radius 1 is 1.15 bits per heavy atom. The molecule has 3 heteroatoms. The smallest absolute Gasteiger partial charge is 0.226 e. The van der Waals surface area contributed by atoms with Crippen molar-refractivity contribution >= 4 is 17.5 Å². The molecule has 2 aliphatic carbocycles. The SMILES string of the molecule is O=C(C1C2CCc3ccccc3C21)N1CCC(Cl)CC1. The summed E-state index contributed by atoms with van der Waals surface area (Å²) in [6.07, 6.45) is 4.23. The zero-order chi connectivity index (χ0) is 13.7. The van der Waals surface area contributed by atoms with Gasteiger partial charge in [0, 0.05) is 24.4 Å². The van der Waals surface area contributed by atoms with Crippen molar-refractivity contribution in [1.82, 2.24) is 4.90 Å². The summed E-state index contributed by atoms with van der Waals surface area (Å²) in [5.41, 5.74) is 2.90. The number of carbonyl (C=O) groups is 1. The van der Waals surface area contributed by atoms with Gasteiger partial charge in [-0.05, 0) is 48.6 Å². The van der Waals surface area contributed by atoms with Crippen molar-refractivity contribution < 1.29 is 4.79 Å². The highest BCUT2D eigenvalue weighted by atomic mass is 35.5. The molecule has 0 aromatic heterocycles. The second-order valence-electron chi connectivity index (χ2n) is 6.45. The van der Waals surface area contributed by atoms with Gasteiger partial charge in [-0.2, -0.15) is 0 Å². The molecule has 3 unspecified atom stereocenters. The molecule has 4 rings (SSSR count). The van der Waals surface area contributed by atoms with E-state index in [0.717, 1.165) is 32.4 Å². The Balaban J connectivity index is 1.51. The minimum atomic E-state index is 0.255. The second-order valence-corrected chi connectivity index (χ2v) is 7.07. The number of likely N-dealkylation sites (tertiary alicyclic amines) is 1. The number of hydrogen-bond acceptors (Lipinski definition) is 1.